The second-order valence-corrected chi connectivity index (χ2v) is 8.60. The Balaban J connectivity index is 1.60. The Labute approximate surface area is 209 Å². The van der Waals surface area contributed by atoms with Gasteiger partial charge in [0.2, 0.25) is 5.82 Å². The first-order chi connectivity index (χ1) is 17.0. The molecule has 2 heterocycles. The highest BCUT2D eigenvalue weighted by Gasteiger charge is 2.17. The van der Waals surface area contributed by atoms with Crippen molar-refractivity contribution in [3.63, 3.8) is 0 Å². The van der Waals surface area contributed by atoms with Crippen molar-refractivity contribution >= 4 is 17.9 Å². The lowest BCUT2D eigenvalue weighted by Gasteiger charge is -2.11. The summed E-state index contributed by atoms with van der Waals surface area (Å²) < 4.78 is 7.48. The van der Waals surface area contributed by atoms with Crippen LogP contribution in [-0.2, 0) is 17.7 Å². The van der Waals surface area contributed by atoms with E-state index in [-0.39, 0.29) is 11.4 Å². The van der Waals surface area contributed by atoms with E-state index in [4.69, 9.17) is 16.3 Å². The van der Waals surface area contributed by atoms with Gasteiger partial charge in [-0.25, -0.2) is 4.98 Å². The Morgan fingerprint density at radius 3 is 2.51 bits per heavy atom. The van der Waals surface area contributed by atoms with Crippen LogP contribution in [0.15, 0.2) is 48.5 Å². The second kappa shape index (κ2) is 11.4. The molecule has 4 aromatic rings. The maximum Gasteiger partial charge on any atom is 0.205 e. The number of carbonyl (C=O) groups excluding carboxylic acids is 1. The van der Waals surface area contributed by atoms with Crippen LogP contribution in [0.3, 0.4) is 0 Å². The highest BCUT2D eigenvalue weighted by Crippen LogP contribution is 2.30. The minimum atomic E-state index is -0.289. The van der Waals surface area contributed by atoms with Crippen LogP contribution in [0.1, 0.15) is 61.7 Å². The largest absolute Gasteiger partial charge is 0.355 e. The lowest BCUT2D eigenvalue weighted by atomic mass is 9.98. The summed E-state index contributed by atoms with van der Waals surface area (Å²) in [6.45, 7) is 7.04. The van der Waals surface area contributed by atoms with E-state index in [0.29, 0.717) is 24.7 Å². The Bertz CT molecular complexity index is 1280. The molecule has 0 unspecified atom stereocenters. The van der Waals surface area contributed by atoms with Crippen LogP contribution in [0.2, 0.25) is 5.15 Å². The number of rotatable bonds is 11. The van der Waals surface area contributed by atoms with Gasteiger partial charge in [0.25, 0.3) is 0 Å². The molecule has 0 spiro atoms. The summed E-state index contributed by atoms with van der Waals surface area (Å²) in [5.41, 5.74) is 4.40. The summed E-state index contributed by atoms with van der Waals surface area (Å²) in [5.74, 6) is 1.38. The van der Waals surface area contributed by atoms with E-state index >= 15 is 0 Å². The monoisotopic (exact) mass is 492 g/mol. The van der Waals surface area contributed by atoms with E-state index in [0.717, 1.165) is 53.6 Å². The molecule has 0 N–H and O–H groups in total. The smallest absolute Gasteiger partial charge is 0.205 e. The third-order valence-electron chi connectivity index (χ3n) is 5.84. The summed E-state index contributed by atoms with van der Waals surface area (Å²) in [6, 6.07) is 16.2. The van der Waals surface area contributed by atoms with E-state index < -0.39 is 0 Å². The van der Waals surface area contributed by atoms with Crippen molar-refractivity contribution in [3.05, 3.63) is 70.8 Å². The molecule has 0 saturated heterocycles. The third kappa shape index (κ3) is 5.49. The summed E-state index contributed by atoms with van der Waals surface area (Å²) >= 11 is 6.23. The third-order valence-corrected chi connectivity index (χ3v) is 6.12. The maximum atomic E-state index is 11.6. The molecule has 0 aliphatic rings. The maximum absolute atomic E-state index is 11.6. The molecule has 8 nitrogen and oxygen atoms in total. The van der Waals surface area contributed by atoms with E-state index in [2.05, 4.69) is 51.6 Å². The van der Waals surface area contributed by atoms with Crippen molar-refractivity contribution < 1.29 is 9.53 Å². The molecule has 0 radical (unpaired) electrons. The van der Waals surface area contributed by atoms with Crippen molar-refractivity contribution in [2.24, 2.45) is 0 Å². The fourth-order valence-electron chi connectivity index (χ4n) is 3.99. The number of nitrogens with zero attached hydrogens (tertiary/aromatic N) is 6. The minimum absolute atomic E-state index is 0.260. The summed E-state index contributed by atoms with van der Waals surface area (Å²) in [6.07, 6.45) is 3.31. The van der Waals surface area contributed by atoms with Crippen molar-refractivity contribution in [2.75, 3.05) is 6.61 Å². The number of aryl methyl sites for hydroxylation is 1. The zero-order valence-electron chi connectivity index (χ0n) is 20.2. The number of hydrogen-bond donors (Lipinski definition) is 0. The molecule has 0 saturated carbocycles. The number of ether oxygens (including phenoxy) is 1. The topological polar surface area (TPSA) is 87.7 Å². The highest BCUT2D eigenvalue weighted by molar-refractivity contribution is 6.31. The van der Waals surface area contributed by atoms with Gasteiger partial charge in [-0.1, -0.05) is 73.5 Å². The van der Waals surface area contributed by atoms with Crippen molar-refractivity contribution in [3.8, 4) is 22.5 Å². The Kier molecular flexibility index (Phi) is 8.05. The van der Waals surface area contributed by atoms with Gasteiger partial charge in [0, 0.05) is 25.1 Å². The molecule has 1 atom stereocenters. The van der Waals surface area contributed by atoms with E-state index in [9.17, 15) is 4.79 Å². The van der Waals surface area contributed by atoms with Crippen molar-refractivity contribution in [2.45, 2.75) is 52.8 Å². The molecule has 0 aliphatic carbocycles. The number of halogens is 1. The quantitative estimate of drug-likeness (QED) is 0.253. The van der Waals surface area contributed by atoms with Crippen LogP contribution in [-0.4, -0.2) is 42.7 Å². The van der Waals surface area contributed by atoms with Gasteiger partial charge >= 0.3 is 0 Å². The first-order valence-electron chi connectivity index (χ1n) is 11.9. The van der Waals surface area contributed by atoms with E-state index in [1.165, 1.54) is 4.80 Å². The van der Waals surface area contributed by atoms with Crippen molar-refractivity contribution in [1.29, 1.82) is 0 Å². The summed E-state index contributed by atoms with van der Waals surface area (Å²) in [5, 5.41) is 13.2. The number of tetrazole rings is 1. The first-order valence-corrected chi connectivity index (χ1v) is 12.2. The fraction of sp³-hybridized carbons (Fsp3) is 0.346. The standard InChI is InChI=1S/C26H29ClN6O2/c1-4-6-11-24-28-25(27)23(17-34)32(24)16-19-12-14-20(15-13-19)21-9-7-8-10-22(21)26-29-31-33(30-26)18(3)35-5-2/h7-10,12-15,17-18H,4-6,11,16H2,1-3H3/t18-/m1/s1. The summed E-state index contributed by atoms with van der Waals surface area (Å²) in [4.78, 5) is 17.5. The molecule has 0 amide bonds. The fourth-order valence-corrected chi connectivity index (χ4v) is 4.24. The highest BCUT2D eigenvalue weighted by atomic mass is 35.5. The molecular weight excluding hydrogens is 464 g/mol. The molecule has 0 aliphatic heterocycles. The average molecular weight is 493 g/mol. The number of aromatic nitrogens is 6. The average Bonchev–Trinajstić information content (AvgIpc) is 3.48. The Morgan fingerprint density at radius 2 is 1.83 bits per heavy atom. The van der Waals surface area contributed by atoms with Crippen LogP contribution < -0.4 is 0 Å². The van der Waals surface area contributed by atoms with Gasteiger partial charge in [0.05, 0.1) is 0 Å². The van der Waals surface area contributed by atoms with Crippen LogP contribution in [0, 0.1) is 0 Å². The second-order valence-electron chi connectivity index (χ2n) is 8.24. The number of unbranched alkanes of at least 4 members (excludes halogenated alkanes) is 1. The normalized spacial score (nSPS) is 12.1. The molecular formula is C26H29ClN6O2. The number of aldehydes is 1. The number of imidazole rings is 1. The molecule has 0 bridgehead atoms. The zero-order valence-corrected chi connectivity index (χ0v) is 20.9. The van der Waals surface area contributed by atoms with Gasteiger partial charge < -0.3 is 9.30 Å². The van der Waals surface area contributed by atoms with Crippen LogP contribution in [0.4, 0.5) is 0 Å². The van der Waals surface area contributed by atoms with Crippen LogP contribution in [0.25, 0.3) is 22.5 Å². The predicted octanol–water partition coefficient (Wildman–Crippen LogP) is 5.62. The lowest BCUT2D eigenvalue weighted by molar-refractivity contribution is 0.00479. The predicted molar refractivity (Wildman–Crippen MR) is 135 cm³/mol. The molecule has 35 heavy (non-hydrogen) atoms. The molecule has 4 rings (SSSR count). The molecule has 182 valence electrons. The molecule has 0 fully saturated rings. The van der Waals surface area contributed by atoms with E-state index in [1.807, 2.05) is 42.7 Å². The molecule has 9 heteroatoms. The van der Waals surface area contributed by atoms with Gasteiger partial charge in [0.1, 0.15) is 11.5 Å². The summed E-state index contributed by atoms with van der Waals surface area (Å²) in [7, 11) is 0. The first kappa shape index (κ1) is 24.8. The zero-order chi connectivity index (χ0) is 24.8. The van der Waals surface area contributed by atoms with Gasteiger partial charge in [-0.15, -0.1) is 15.0 Å². The number of benzene rings is 2. The number of carbonyl (C=O) groups is 1. The molecule has 2 aromatic heterocycles. The van der Waals surface area contributed by atoms with Gasteiger partial charge in [-0.3, -0.25) is 4.79 Å². The van der Waals surface area contributed by atoms with Gasteiger partial charge in [0.15, 0.2) is 17.7 Å². The number of hydrogen-bond acceptors (Lipinski definition) is 6. The Morgan fingerprint density at radius 1 is 1.09 bits per heavy atom. The Hall–Kier alpha value is -3.36. The van der Waals surface area contributed by atoms with E-state index in [1.54, 1.807) is 0 Å². The van der Waals surface area contributed by atoms with Gasteiger partial charge in [-0.05, 0) is 42.2 Å². The van der Waals surface area contributed by atoms with Crippen molar-refractivity contribution in [1.82, 2.24) is 29.8 Å². The van der Waals surface area contributed by atoms with Gasteiger partial charge in [-0.2, -0.15) is 0 Å². The minimum Gasteiger partial charge on any atom is -0.355 e. The van der Waals surface area contributed by atoms with Crippen LogP contribution >= 0.6 is 11.6 Å². The molecule has 2 aromatic carbocycles. The van der Waals surface area contributed by atoms with Crippen LogP contribution in [0.5, 0.6) is 0 Å². The lowest BCUT2D eigenvalue weighted by Crippen LogP contribution is -2.12. The SMILES string of the molecule is CCCCc1nc(Cl)c(C=O)n1Cc1ccc(-c2ccccc2-c2nnn([C@@H](C)OCC)n2)cc1.